The summed E-state index contributed by atoms with van der Waals surface area (Å²) >= 11 is 0. The smallest absolute Gasteiger partial charge is 0.133 e. The number of hydrogen-bond donors (Lipinski definition) is 0. The highest BCUT2D eigenvalue weighted by atomic mass is 16.1. The third-order valence-corrected chi connectivity index (χ3v) is 4.08. The molecule has 2 heteroatoms. The van der Waals surface area contributed by atoms with Crippen LogP contribution in [0.2, 0.25) is 0 Å². The minimum atomic E-state index is 0.430. The van der Waals surface area contributed by atoms with Crippen LogP contribution in [-0.2, 0) is 11.3 Å². The highest BCUT2D eigenvalue weighted by molar-refractivity contribution is 5.86. The van der Waals surface area contributed by atoms with E-state index >= 15 is 0 Å². The standard InChI is InChI=1S/C16H19NO/c1-2-17-11-15(12-6-5-7-13(18)10-12)14-8-3-4-9-16(14)17/h3-4,8-9,11-12H,2,5-7,10H2,1H3. The number of aromatic nitrogens is 1. The molecule has 1 aliphatic carbocycles. The Morgan fingerprint density at radius 2 is 2.17 bits per heavy atom. The molecule has 0 amide bonds. The lowest BCUT2D eigenvalue weighted by Crippen LogP contribution is -2.13. The predicted molar refractivity (Wildman–Crippen MR) is 73.8 cm³/mol. The lowest BCUT2D eigenvalue weighted by molar-refractivity contribution is -0.120. The Morgan fingerprint density at radius 3 is 2.94 bits per heavy atom. The molecule has 0 radical (unpaired) electrons. The summed E-state index contributed by atoms with van der Waals surface area (Å²) < 4.78 is 2.30. The predicted octanol–water partition coefficient (Wildman–Crippen LogP) is 3.89. The third kappa shape index (κ3) is 1.86. The third-order valence-electron chi connectivity index (χ3n) is 4.08. The molecule has 18 heavy (non-hydrogen) atoms. The number of fused-ring (bicyclic) bond motifs is 1. The molecule has 0 bridgehead atoms. The van der Waals surface area contributed by atoms with Gasteiger partial charge in [0.15, 0.2) is 0 Å². The zero-order chi connectivity index (χ0) is 12.5. The van der Waals surface area contributed by atoms with E-state index in [-0.39, 0.29) is 0 Å². The van der Waals surface area contributed by atoms with Gasteiger partial charge >= 0.3 is 0 Å². The van der Waals surface area contributed by atoms with Gasteiger partial charge in [0.1, 0.15) is 5.78 Å². The summed E-state index contributed by atoms with van der Waals surface area (Å²) in [6.07, 6.45) is 5.98. The summed E-state index contributed by atoms with van der Waals surface area (Å²) in [4.78, 5) is 11.7. The quantitative estimate of drug-likeness (QED) is 0.782. The van der Waals surface area contributed by atoms with Gasteiger partial charge < -0.3 is 4.57 Å². The second-order valence-electron chi connectivity index (χ2n) is 5.22. The molecule has 1 unspecified atom stereocenters. The zero-order valence-corrected chi connectivity index (χ0v) is 10.9. The Balaban J connectivity index is 2.08. The maximum absolute atomic E-state index is 11.7. The fourth-order valence-electron chi connectivity index (χ4n) is 3.15. The lowest BCUT2D eigenvalue weighted by Gasteiger charge is -2.20. The molecule has 1 atom stereocenters. The average Bonchev–Trinajstić information content (AvgIpc) is 2.77. The molecule has 1 aromatic heterocycles. The van der Waals surface area contributed by atoms with E-state index in [1.54, 1.807) is 0 Å². The Hall–Kier alpha value is -1.57. The van der Waals surface area contributed by atoms with Crippen LogP contribution in [0.25, 0.3) is 10.9 Å². The van der Waals surface area contributed by atoms with E-state index in [0.717, 1.165) is 32.2 Å². The van der Waals surface area contributed by atoms with Gasteiger partial charge in [-0.05, 0) is 37.3 Å². The average molecular weight is 241 g/mol. The van der Waals surface area contributed by atoms with Gasteiger partial charge in [-0.2, -0.15) is 0 Å². The number of carbonyl (C=O) groups is 1. The fourth-order valence-corrected chi connectivity index (χ4v) is 3.15. The van der Waals surface area contributed by atoms with Crippen LogP contribution >= 0.6 is 0 Å². The van der Waals surface area contributed by atoms with Crippen LogP contribution in [0.5, 0.6) is 0 Å². The van der Waals surface area contributed by atoms with E-state index < -0.39 is 0 Å². The van der Waals surface area contributed by atoms with Gasteiger partial charge in [-0.15, -0.1) is 0 Å². The highest BCUT2D eigenvalue weighted by Gasteiger charge is 2.23. The van der Waals surface area contributed by atoms with E-state index in [1.807, 2.05) is 0 Å². The van der Waals surface area contributed by atoms with Crippen molar-refractivity contribution in [1.29, 1.82) is 0 Å². The number of nitrogens with zero attached hydrogens (tertiary/aromatic N) is 1. The largest absolute Gasteiger partial charge is 0.347 e. The van der Waals surface area contributed by atoms with Crippen molar-refractivity contribution in [3.8, 4) is 0 Å². The molecule has 0 saturated heterocycles. The molecule has 0 spiro atoms. The molecule has 0 N–H and O–H groups in total. The monoisotopic (exact) mass is 241 g/mol. The number of rotatable bonds is 2. The van der Waals surface area contributed by atoms with Crippen LogP contribution in [0.3, 0.4) is 0 Å². The summed E-state index contributed by atoms with van der Waals surface area (Å²) in [7, 11) is 0. The van der Waals surface area contributed by atoms with E-state index in [4.69, 9.17) is 0 Å². The zero-order valence-electron chi connectivity index (χ0n) is 10.9. The second kappa shape index (κ2) is 4.60. The SMILES string of the molecule is CCn1cc(C2CCCC(=O)C2)c2ccccc21. The first-order valence-corrected chi connectivity index (χ1v) is 6.89. The van der Waals surface area contributed by atoms with Crippen molar-refractivity contribution in [3.63, 3.8) is 0 Å². The molecular weight excluding hydrogens is 222 g/mol. The van der Waals surface area contributed by atoms with Crippen molar-refractivity contribution in [1.82, 2.24) is 4.57 Å². The molecular formula is C16H19NO. The van der Waals surface area contributed by atoms with Crippen LogP contribution in [0.1, 0.15) is 44.1 Å². The van der Waals surface area contributed by atoms with Gasteiger partial charge in [0.25, 0.3) is 0 Å². The van der Waals surface area contributed by atoms with Gasteiger partial charge in [-0.25, -0.2) is 0 Å². The van der Waals surface area contributed by atoms with Gasteiger partial charge in [0.2, 0.25) is 0 Å². The Bertz CT molecular complexity index is 582. The van der Waals surface area contributed by atoms with Crippen molar-refractivity contribution in [2.45, 2.75) is 45.1 Å². The molecule has 2 aromatic rings. The molecule has 0 aliphatic heterocycles. The summed E-state index contributed by atoms with van der Waals surface area (Å²) in [6.45, 7) is 3.16. The Morgan fingerprint density at radius 1 is 1.33 bits per heavy atom. The maximum atomic E-state index is 11.7. The van der Waals surface area contributed by atoms with Crippen molar-refractivity contribution < 1.29 is 4.79 Å². The summed E-state index contributed by atoms with van der Waals surface area (Å²) in [5, 5.41) is 1.33. The topological polar surface area (TPSA) is 22.0 Å². The van der Waals surface area contributed by atoms with Gasteiger partial charge in [-0.3, -0.25) is 4.79 Å². The molecule has 1 aromatic carbocycles. The molecule has 3 rings (SSSR count). The van der Waals surface area contributed by atoms with E-state index in [9.17, 15) is 4.79 Å². The minimum Gasteiger partial charge on any atom is -0.347 e. The number of aryl methyl sites for hydroxylation is 1. The first-order chi connectivity index (χ1) is 8.79. The Labute approximate surface area is 108 Å². The minimum absolute atomic E-state index is 0.430. The molecule has 1 aliphatic rings. The Kier molecular flexibility index (Phi) is 2.94. The number of ketones is 1. The van der Waals surface area contributed by atoms with E-state index in [0.29, 0.717) is 11.7 Å². The lowest BCUT2D eigenvalue weighted by atomic mass is 9.83. The maximum Gasteiger partial charge on any atom is 0.133 e. The molecule has 94 valence electrons. The molecule has 1 heterocycles. The summed E-state index contributed by atoms with van der Waals surface area (Å²) in [5.74, 6) is 0.864. The summed E-state index contributed by atoms with van der Waals surface area (Å²) in [6, 6.07) is 8.55. The highest BCUT2D eigenvalue weighted by Crippen LogP contribution is 2.36. The van der Waals surface area contributed by atoms with Crippen LogP contribution in [0.15, 0.2) is 30.5 Å². The number of Topliss-reactive ketones (excluding diaryl/α,β-unsaturated/α-hetero) is 1. The van der Waals surface area contributed by atoms with Crippen molar-refractivity contribution in [2.24, 2.45) is 0 Å². The fraction of sp³-hybridized carbons (Fsp3) is 0.438. The van der Waals surface area contributed by atoms with Gasteiger partial charge in [0, 0.05) is 36.5 Å². The number of para-hydroxylation sites is 1. The first kappa shape index (κ1) is 11.5. The van der Waals surface area contributed by atoms with Crippen molar-refractivity contribution in [3.05, 3.63) is 36.0 Å². The van der Waals surface area contributed by atoms with Crippen LogP contribution in [0, 0.1) is 0 Å². The van der Waals surface area contributed by atoms with Crippen LogP contribution in [0.4, 0.5) is 0 Å². The first-order valence-electron chi connectivity index (χ1n) is 6.89. The van der Waals surface area contributed by atoms with Crippen molar-refractivity contribution in [2.75, 3.05) is 0 Å². The van der Waals surface area contributed by atoms with E-state index in [2.05, 4.69) is 42.0 Å². The van der Waals surface area contributed by atoms with Gasteiger partial charge in [0.05, 0.1) is 0 Å². The van der Waals surface area contributed by atoms with Crippen LogP contribution in [-0.4, -0.2) is 10.4 Å². The normalized spacial score (nSPS) is 20.5. The molecule has 1 saturated carbocycles. The number of carbonyl (C=O) groups excluding carboxylic acids is 1. The molecule has 1 fully saturated rings. The van der Waals surface area contributed by atoms with Crippen molar-refractivity contribution >= 4 is 16.7 Å². The van der Waals surface area contributed by atoms with Gasteiger partial charge in [-0.1, -0.05) is 18.2 Å². The van der Waals surface area contributed by atoms with E-state index in [1.165, 1.54) is 16.5 Å². The summed E-state index contributed by atoms with van der Waals surface area (Å²) in [5.41, 5.74) is 2.67. The molecule has 2 nitrogen and oxygen atoms in total. The second-order valence-corrected chi connectivity index (χ2v) is 5.22. The number of benzene rings is 1. The van der Waals surface area contributed by atoms with Crippen LogP contribution < -0.4 is 0 Å². The number of hydrogen-bond acceptors (Lipinski definition) is 1.